The van der Waals surface area contributed by atoms with E-state index in [4.69, 9.17) is 14.2 Å². The summed E-state index contributed by atoms with van der Waals surface area (Å²) in [6.07, 6.45) is -0.742. The molecule has 0 bridgehead atoms. The predicted molar refractivity (Wildman–Crippen MR) is 80.0 cm³/mol. The molecule has 1 aliphatic rings. The molecule has 6 heteroatoms. The summed E-state index contributed by atoms with van der Waals surface area (Å²) in [7, 11) is 1.35. The highest BCUT2D eigenvalue weighted by molar-refractivity contribution is 5.69. The van der Waals surface area contributed by atoms with E-state index in [1.54, 1.807) is 0 Å². The van der Waals surface area contributed by atoms with Crippen molar-refractivity contribution in [2.45, 2.75) is 59.5 Å². The van der Waals surface area contributed by atoms with Crippen LogP contribution in [0.15, 0.2) is 0 Å². The standard InChI is InChI=1S/C16H28O6/c1-9(7-15(18)19-6)21-16-12(4)10(2)11(3)14(22-16)8-20-13(5)17/h9-12,14,16H,7-8H2,1-6H3/t9-,10+,11+,12?,14?,16+/m1/s1. The van der Waals surface area contributed by atoms with Gasteiger partial charge in [-0.15, -0.1) is 0 Å². The number of methoxy groups -OCH3 is 1. The topological polar surface area (TPSA) is 71.1 Å². The Hall–Kier alpha value is -1.14. The van der Waals surface area contributed by atoms with Crippen LogP contribution in [0.5, 0.6) is 0 Å². The normalized spacial score (nSPS) is 33.1. The second-order valence-electron chi connectivity index (χ2n) is 6.15. The Morgan fingerprint density at radius 1 is 1.14 bits per heavy atom. The number of hydrogen-bond donors (Lipinski definition) is 0. The van der Waals surface area contributed by atoms with Crippen LogP contribution in [0.4, 0.5) is 0 Å². The van der Waals surface area contributed by atoms with E-state index in [0.717, 1.165) is 0 Å². The van der Waals surface area contributed by atoms with Crippen molar-refractivity contribution in [3.63, 3.8) is 0 Å². The summed E-state index contributed by atoms with van der Waals surface area (Å²) in [6, 6.07) is 0. The van der Waals surface area contributed by atoms with Crippen molar-refractivity contribution >= 4 is 11.9 Å². The van der Waals surface area contributed by atoms with E-state index in [9.17, 15) is 9.59 Å². The minimum atomic E-state index is -0.425. The highest BCUT2D eigenvalue weighted by atomic mass is 16.7. The molecule has 6 atom stereocenters. The zero-order chi connectivity index (χ0) is 16.9. The number of carbonyl (C=O) groups is 2. The third kappa shape index (κ3) is 5.25. The van der Waals surface area contributed by atoms with Gasteiger partial charge in [0, 0.05) is 12.8 Å². The summed E-state index contributed by atoms with van der Waals surface area (Å²) in [6.45, 7) is 9.71. The monoisotopic (exact) mass is 316 g/mol. The van der Waals surface area contributed by atoms with Gasteiger partial charge < -0.3 is 18.9 Å². The quantitative estimate of drug-likeness (QED) is 0.699. The van der Waals surface area contributed by atoms with E-state index in [1.165, 1.54) is 14.0 Å². The molecule has 128 valence electrons. The van der Waals surface area contributed by atoms with Crippen molar-refractivity contribution in [3.05, 3.63) is 0 Å². The first-order valence-electron chi connectivity index (χ1n) is 7.77. The molecular weight excluding hydrogens is 288 g/mol. The van der Waals surface area contributed by atoms with E-state index >= 15 is 0 Å². The number of esters is 2. The van der Waals surface area contributed by atoms with E-state index < -0.39 is 6.29 Å². The number of carbonyl (C=O) groups excluding carboxylic acids is 2. The van der Waals surface area contributed by atoms with Gasteiger partial charge in [-0.2, -0.15) is 0 Å². The molecule has 0 aliphatic carbocycles. The van der Waals surface area contributed by atoms with Crippen molar-refractivity contribution in [3.8, 4) is 0 Å². The molecule has 1 rings (SSSR count). The fraction of sp³-hybridized carbons (Fsp3) is 0.875. The van der Waals surface area contributed by atoms with Crippen LogP contribution in [-0.2, 0) is 28.5 Å². The summed E-state index contributed by atoms with van der Waals surface area (Å²) in [5.74, 6) is 0.158. The van der Waals surface area contributed by atoms with E-state index in [-0.39, 0.29) is 49.0 Å². The summed E-state index contributed by atoms with van der Waals surface area (Å²) in [5.41, 5.74) is 0. The lowest BCUT2D eigenvalue weighted by molar-refractivity contribution is -0.268. The maximum atomic E-state index is 11.3. The first kappa shape index (κ1) is 18.9. The Kier molecular flexibility index (Phi) is 7.29. The fourth-order valence-electron chi connectivity index (χ4n) is 2.63. The largest absolute Gasteiger partial charge is 0.469 e. The van der Waals surface area contributed by atoms with Gasteiger partial charge in [0.15, 0.2) is 6.29 Å². The Morgan fingerprint density at radius 3 is 2.32 bits per heavy atom. The van der Waals surface area contributed by atoms with Gasteiger partial charge in [0.25, 0.3) is 0 Å². The molecule has 6 nitrogen and oxygen atoms in total. The first-order valence-corrected chi connectivity index (χ1v) is 7.77. The maximum Gasteiger partial charge on any atom is 0.308 e. The lowest BCUT2D eigenvalue weighted by Gasteiger charge is -2.43. The molecule has 0 aromatic rings. The number of rotatable bonds is 6. The molecule has 1 fully saturated rings. The van der Waals surface area contributed by atoms with E-state index in [1.807, 2.05) is 6.92 Å². The van der Waals surface area contributed by atoms with Gasteiger partial charge in [-0.05, 0) is 18.8 Å². The van der Waals surface area contributed by atoms with Gasteiger partial charge in [0.2, 0.25) is 0 Å². The average molecular weight is 316 g/mol. The molecule has 22 heavy (non-hydrogen) atoms. The second kappa shape index (κ2) is 8.48. The summed E-state index contributed by atoms with van der Waals surface area (Å²) >= 11 is 0. The third-order valence-electron chi connectivity index (χ3n) is 4.48. The predicted octanol–water partition coefficient (Wildman–Crippen LogP) is 2.15. The summed E-state index contributed by atoms with van der Waals surface area (Å²) < 4.78 is 21.6. The Bertz CT molecular complexity index is 383. The van der Waals surface area contributed by atoms with Crippen LogP contribution in [0, 0.1) is 17.8 Å². The highest BCUT2D eigenvalue weighted by Gasteiger charge is 2.40. The van der Waals surface area contributed by atoms with Crippen LogP contribution in [0.3, 0.4) is 0 Å². The SMILES string of the molecule is COC(=O)C[C@@H](C)O[C@H]1OC(COC(C)=O)[C@@H](C)[C@H](C)C1C. The van der Waals surface area contributed by atoms with Gasteiger partial charge in [-0.1, -0.05) is 20.8 Å². The van der Waals surface area contributed by atoms with Crippen LogP contribution in [0.25, 0.3) is 0 Å². The summed E-state index contributed by atoms with van der Waals surface area (Å²) in [5, 5.41) is 0. The average Bonchev–Trinajstić information content (AvgIpc) is 2.46. The zero-order valence-electron chi connectivity index (χ0n) is 14.3. The van der Waals surface area contributed by atoms with Crippen molar-refractivity contribution in [1.29, 1.82) is 0 Å². The Balaban J connectivity index is 2.64. The van der Waals surface area contributed by atoms with Crippen LogP contribution in [0.1, 0.15) is 41.0 Å². The molecule has 0 amide bonds. The van der Waals surface area contributed by atoms with Crippen molar-refractivity contribution < 1.29 is 28.5 Å². The minimum Gasteiger partial charge on any atom is -0.469 e. The van der Waals surface area contributed by atoms with Gasteiger partial charge in [-0.3, -0.25) is 9.59 Å². The molecule has 0 N–H and O–H groups in total. The first-order chi connectivity index (χ1) is 10.3. The van der Waals surface area contributed by atoms with E-state index in [2.05, 4.69) is 25.5 Å². The van der Waals surface area contributed by atoms with Crippen molar-refractivity contribution in [2.24, 2.45) is 17.8 Å². The van der Waals surface area contributed by atoms with Crippen LogP contribution >= 0.6 is 0 Å². The number of hydrogen-bond acceptors (Lipinski definition) is 6. The van der Waals surface area contributed by atoms with Crippen molar-refractivity contribution in [1.82, 2.24) is 0 Å². The minimum absolute atomic E-state index is 0.182. The number of ether oxygens (including phenoxy) is 4. The smallest absolute Gasteiger partial charge is 0.308 e. The van der Waals surface area contributed by atoms with Gasteiger partial charge >= 0.3 is 11.9 Å². The molecule has 1 heterocycles. The highest BCUT2D eigenvalue weighted by Crippen LogP contribution is 2.36. The zero-order valence-corrected chi connectivity index (χ0v) is 14.3. The molecule has 1 saturated heterocycles. The maximum absolute atomic E-state index is 11.3. The van der Waals surface area contributed by atoms with E-state index in [0.29, 0.717) is 5.92 Å². The molecule has 2 unspecified atom stereocenters. The second-order valence-corrected chi connectivity index (χ2v) is 6.15. The Morgan fingerprint density at radius 2 is 1.77 bits per heavy atom. The van der Waals surface area contributed by atoms with Crippen molar-refractivity contribution in [2.75, 3.05) is 13.7 Å². The van der Waals surface area contributed by atoms with Gasteiger partial charge in [0.05, 0.1) is 25.7 Å². The molecule has 0 radical (unpaired) electrons. The van der Waals surface area contributed by atoms with Crippen LogP contribution in [-0.4, -0.2) is 44.2 Å². The lowest BCUT2D eigenvalue weighted by atomic mass is 9.79. The Labute approximate surface area is 132 Å². The van der Waals surface area contributed by atoms with Crippen LogP contribution < -0.4 is 0 Å². The lowest BCUT2D eigenvalue weighted by Crippen LogP contribution is -2.48. The molecule has 0 saturated carbocycles. The molecule has 1 aliphatic heterocycles. The molecule has 0 spiro atoms. The molecule has 0 aromatic heterocycles. The summed E-state index contributed by atoms with van der Waals surface area (Å²) in [4.78, 5) is 22.3. The molecular formula is C16H28O6. The van der Waals surface area contributed by atoms with Gasteiger partial charge in [-0.25, -0.2) is 0 Å². The molecule has 0 aromatic carbocycles. The van der Waals surface area contributed by atoms with Crippen LogP contribution in [0.2, 0.25) is 0 Å². The third-order valence-corrected chi connectivity index (χ3v) is 4.48. The van der Waals surface area contributed by atoms with Gasteiger partial charge in [0.1, 0.15) is 6.61 Å². The fourth-order valence-corrected chi connectivity index (χ4v) is 2.63.